The fourth-order valence-corrected chi connectivity index (χ4v) is 2.30. The quantitative estimate of drug-likeness (QED) is 0.895. The van der Waals surface area contributed by atoms with Crippen molar-refractivity contribution in [2.75, 3.05) is 0 Å². The molecule has 19 heavy (non-hydrogen) atoms. The van der Waals surface area contributed by atoms with Crippen molar-refractivity contribution < 1.29 is 8.78 Å². The van der Waals surface area contributed by atoms with E-state index in [4.69, 9.17) is 5.73 Å². The molecule has 0 amide bonds. The van der Waals surface area contributed by atoms with Crippen LogP contribution in [-0.2, 0) is 6.42 Å². The molecular weight excluding hydrogens is 312 g/mol. The largest absolute Gasteiger partial charge is 0.324 e. The van der Waals surface area contributed by atoms with E-state index in [1.807, 2.05) is 6.92 Å². The summed E-state index contributed by atoms with van der Waals surface area (Å²) in [6.45, 7) is 1.81. The minimum absolute atomic E-state index is 0.263. The fourth-order valence-electron chi connectivity index (χ4n) is 1.97. The van der Waals surface area contributed by atoms with Crippen LogP contribution in [0.5, 0.6) is 0 Å². The maximum atomic E-state index is 13.8. The Morgan fingerprint density at radius 3 is 2.47 bits per heavy atom. The van der Waals surface area contributed by atoms with Crippen LogP contribution in [0.3, 0.4) is 0 Å². The average molecular weight is 326 g/mol. The highest BCUT2D eigenvalue weighted by Gasteiger charge is 2.14. The van der Waals surface area contributed by atoms with Crippen molar-refractivity contribution in [2.45, 2.75) is 19.4 Å². The van der Waals surface area contributed by atoms with Gasteiger partial charge < -0.3 is 5.73 Å². The molecule has 0 saturated heterocycles. The third kappa shape index (κ3) is 3.39. The summed E-state index contributed by atoms with van der Waals surface area (Å²) in [6, 6.07) is 9.13. The van der Waals surface area contributed by atoms with Crippen LogP contribution >= 0.6 is 15.9 Å². The normalized spacial score (nSPS) is 12.5. The smallest absolute Gasteiger partial charge is 0.128 e. The van der Waals surface area contributed by atoms with Gasteiger partial charge in [0.2, 0.25) is 0 Å². The van der Waals surface area contributed by atoms with E-state index in [-0.39, 0.29) is 18.1 Å². The predicted octanol–water partition coefficient (Wildman–Crippen LogP) is 4.28. The van der Waals surface area contributed by atoms with E-state index in [2.05, 4.69) is 15.9 Å². The molecule has 4 heteroatoms. The van der Waals surface area contributed by atoms with Crippen LogP contribution in [0.4, 0.5) is 8.78 Å². The van der Waals surface area contributed by atoms with Gasteiger partial charge in [-0.1, -0.05) is 34.1 Å². The molecule has 100 valence electrons. The van der Waals surface area contributed by atoms with Gasteiger partial charge in [0.05, 0.1) is 0 Å². The van der Waals surface area contributed by atoms with Crippen LogP contribution in [0.15, 0.2) is 40.9 Å². The van der Waals surface area contributed by atoms with Crippen molar-refractivity contribution in [3.05, 3.63) is 69.2 Å². The molecule has 0 spiro atoms. The van der Waals surface area contributed by atoms with E-state index in [1.165, 1.54) is 12.1 Å². The molecule has 1 atom stereocenters. The Kier molecular flexibility index (Phi) is 4.32. The Labute approximate surface area is 119 Å². The van der Waals surface area contributed by atoms with Crippen LogP contribution in [0.1, 0.15) is 22.7 Å². The summed E-state index contributed by atoms with van der Waals surface area (Å²) in [6.07, 6.45) is 0.263. The first-order chi connectivity index (χ1) is 8.97. The minimum atomic E-state index is -0.559. The lowest BCUT2D eigenvalue weighted by Gasteiger charge is -2.14. The lowest BCUT2D eigenvalue weighted by molar-refractivity contribution is 0.562. The predicted molar refractivity (Wildman–Crippen MR) is 75.9 cm³/mol. The van der Waals surface area contributed by atoms with Gasteiger partial charge in [-0.25, -0.2) is 8.78 Å². The zero-order chi connectivity index (χ0) is 14.0. The molecule has 1 unspecified atom stereocenters. The molecule has 0 aliphatic carbocycles. The highest BCUT2D eigenvalue weighted by atomic mass is 79.9. The molecule has 0 aliphatic rings. The number of halogens is 3. The van der Waals surface area contributed by atoms with Crippen LogP contribution in [-0.4, -0.2) is 0 Å². The van der Waals surface area contributed by atoms with Gasteiger partial charge in [-0.05, 0) is 42.7 Å². The van der Waals surface area contributed by atoms with Crippen molar-refractivity contribution in [3.8, 4) is 0 Å². The van der Waals surface area contributed by atoms with Gasteiger partial charge in [0.25, 0.3) is 0 Å². The third-order valence-electron chi connectivity index (χ3n) is 3.01. The van der Waals surface area contributed by atoms with Crippen molar-refractivity contribution in [3.63, 3.8) is 0 Å². The van der Waals surface area contributed by atoms with Crippen molar-refractivity contribution >= 4 is 15.9 Å². The number of hydrogen-bond acceptors (Lipinski definition) is 1. The summed E-state index contributed by atoms with van der Waals surface area (Å²) >= 11 is 3.20. The molecule has 2 N–H and O–H groups in total. The lowest BCUT2D eigenvalue weighted by atomic mass is 9.98. The summed E-state index contributed by atoms with van der Waals surface area (Å²) in [5.74, 6) is -0.678. The average Bonchev–Trinajstić information content (AvgIpc) is 2.32. The van der Waals surface area contributed by atoms with Crippen LogP contribution < -0.4 is 5.73 Å². The van der Waals surface area contributed by atoms with E-state index in [0.717, 1.165) is 5.56 Å². The molecule has 0 saturated carbocycles. The Morgan fingerprint density at radius 1 is 1.11 bits per heavy atom. The van der Waals surface area contributed by atoms with Crippen LogP contribution in [0.2, 0.25) is 0 Å². The van der Waals surface area contributed by atoms with E-state index in [1.54, 1.807) is 24.3 Å². The van der Waals surface area contributed by atoms with Gasteiger partial charge in [0, 0.05) is 16.1 Å². The van der Waals surface area contributed by atoms with Gasteiger partial charge in [-0.2, -0.15) is 0 Å². The summed E-state index contributed by atoms with van der Waals surface area (Å²) in [5.41, 5.74) is 7.70. The monoisotopic (exact) mass is 325 g/mol. The fraction of sp³-hybridized carbons (Fsp3) is 0.200. The highest BCUT2D eigenvalue weighted by Crippen LogP contribution is 2.23. The van der Waals surface area contributed by atoms with Crippen LogP contribution in [0.25, 0.3) is 0 Å². The molecule has 1 nitrogen and oxygen atoms in total. The van der Waals surface area contributed by atoms with Crippen molar-refractivity contribution in [1.29, 1.82) is 0 Å². The third-order valence-corrected chi connectivity index (χ3v) is 3.50. The van der Waals surface area contributed by atoms with Crippen molar-refractivity contribution in [2.24, 2.45) is 5.73 Å². The number of aryl methyl sites for hydroxylation is 1. The standard InChI is InChI=1S/C15H14BrF2N/c1-9-2-5-12(14(18)6-9)15(19)7-10-3-4-11(16)8-13(10)17/h2-6,8,15H,7,19H2,1H3. The Morgan fingerprint density at radius 2 is 1.84 bits per heavy atom. The van der Waals surface area contributed by atoms with Crippen LogP contribution in [0, 0.1) is 18.6 Å². The molecule has 0 aromatic heterocycles. The maximum absolute atomic E-state index is 13.8. The molecule has 0 heterocycles. The first kappa shape index (κ1) is 14.2. The van der Waals surface area contributed by atoms with E-state index in [0.29, 0.717) is 15.6 Å². The molecule has 2 rings (SSSR count). The van der Waals surface area contributed by atoms with E-state index >= 15 is 0 Å². The number of hydrogen-bond donors (Lipinski definition) is 1. The summed E-state index contributed by atoms with van der Waals surface area (Å²) in [4.78, 5) is 0. The van der Waals surface area contributed by atoms with E-state index in [9.17, 15) is 8.78 Å². The van der Waals surface area contributed by atoms with Gasteiger partial charge in [-0.15, -0.1) is 0 Å². The number of benzene rings is 2. The highest BCUT2D eigenvalue weighted by molar-refractivity contribution is 9.10. The van der Waals surface area contributed by atoms with Crippen molar-refractivity contribution in [1.82, 2.24) is 0 Å². The van der Waals surface area contributed by atoms with Gasteiger partial charge in [0.1, 0.15) is 11.6 Å². The molecule has 0 bridgehead atoms. The van der Waals surface area contributed by atoms with Gasteiger partial charge in [-0.3, -0.25) is 0 Å². The lowest BCUT2D eigenvalue weighted by Crippen LogP contribution is -2.15. The summed E-state index contributed by atoms with van der Waals surface area (Å²) in [5, 5.41) is 0. The van der Waals surface area contributed by atoms with E-state index < -0.39 is 6.04 Å². The maximum Gasteiger partial charge on any atom is 0.128 e. The Bertz CT molecular complexity index is 599. The molecule has 2 aromatic rings. The second-order valence-corrected chi connectivity index (χ2v) is 5.49. The topological polar surface area (TPSA) is 26.0 Å². The zero-order valence-corrected chi connectivity index (χ0v) is 12.0. The first-order valence-corrected chi connectivity index (χ1v) is 6.72. The van der Waals surface area contributed by atoms with Gasteiger partial charge in [0.15, 0.2) is 0 Å². The molecule has 0 aliphatic heterocycles. The minimum Gasteiger partial charge on any atom is -0.324 e. The second kappa shape index (κ2) is 5.80. The molecular formula is C15H14BrF2N. The number of nitrogens with two attached hydrogens (primary N) is 1. The number of rotatable bonds is 3. The Hall–Kier alpha value is -1.26. The Balaban J connectivity index is 2.23. The summed E-state index contributed by atoms with van der Waals surface area (Å²) < 4.78 is 28.2. The SMILES string of the molecule is Cc1ccc(C(N)Cc2ccc(Br)cc2F)c(F)c1. The molecule has 0 fully saturated rings. The second-order valence-electron chi connectivity index (χ2n) is 4.57. The summed E-state index contributed by atoms with van der Waals surface area (Å²) in [7, 11) is 0. The zero-order valence-electron chi connectivity index (χ0n) is 10.5. The molecule has 2 aromatic carbocycles. The first-order valence-electron chi connectivity index (χ1n) is 5.93. The molecule has 0 radical (unpaired) electrons. The van der Waals surface area contributed by atoms with Gasteiger partial charge >= 0.3 is 0 Å².